The highest BCUT2D eigenvalue weighted by molar-refractivity contribution is 7.10. The van der Waals surface area contributed by atoms with Crippen LogP contribution in [0.4, 0.5) is 4.39 Å². The zero-order chi connectivity index (χ0) is 17.4. The van der Waals surface area contributed by atoms with Gasteiger partial charge in [0.05, 0.1) is 6.04 Å². The quantitative estimate of drug-likeness (QED) is 0.637. The Morgan fingerprint density at radius 2 is 1.84 bits per heavy atom. The average Bonchev–Trinajstić information content (AvgIpc) is 3.10. The molecule has 126 valence electrons. The van der Waals surface area contributed by atoms with Crippen LogP contribution in [0.15, 0.2) is 60.0 Å². The Kier molecular flexibility index (Phi) is 4.14. The van der Waals surface area contributed by atoms with Crippen molar-refractivity contribution in [2.45, 2.75) is 19.4 Å². The minimum atomic E-state index is -0.328. The molecular weight excluding hydrogens is 333 g/mol. The second kappa shape index (κ2) is 6.45. The van der Waals surface area contributed by atoms with Gasteiger partial charge in [-0.1, -0.05) is 24.3 Å². The molecule has 3 aromatic rings. The monoisotopic (exact) mass is 351 g/mol. The van der Waals surface area contributed by atoms with Crippen molar-refractivity contribution in [1.29, 1.82) is 0 Å². The molecule has 1 aromatic heterocycles. The van der Waals surface area contributed by atoms with Gasteiger partial charge in [0.1, 0.15) is 5.82 Å². The number of halogens is 1. The third-order valence-corrected chi connectivity index (χ3v) is 5.80. The lowest BCUT2D eigenvalue weighted by molar-refractivity contribution is 0.0695. The first-order valence-corrected chi connectivity index (χ1v) is 9.21. The van der Waals surface area contributed by atoms with E-state index in [2.05, 4.69) is 30.5 Å². The molecular formula is C21H18FNOS. The van der Waals surface area contributed by atoms with Gasteiger partial charge in [0.15, 0.2) is 0 Å². The maximum absolute atomic E-state index is 13.2. The average molecular weight is 351 g/mol. The van der Waals surface area contributed by atoms with Crippen LogP contribution in [0.2, 0.25) is 0 Å². The van der Waals surface area contributed by atoms with E-state index >= 15 is 0 Å². The second-order valence-electron chi connectivity index (χ2n) is 6.31. The molecule has 0 bridgehead atoms. The van der Waals surface area contributed by atoms with E-state index in [1.165, 1.54) is 28.1 Å². The van der Waals surface area contributed by atoms with Crippen LogP contribution < -0.4 is 0 Å². The van der Waals surface area contributed by atoms with E-state index in [0.717, 1.165) is 12.0 Å². The van der Waals surface area contributed by atoms with E-state index in [9.17, 15) is 9.18 Å². The van der Waals surface area contributed by atoms with E-state index < -0.39 is 0 Å². The van der Waals surface area contributed by atoms with E-state index in [4.69, 9.17) is 0 Å². The summed E-state index contributed by atoms with van der Waals surface area (Å²) in [5.41, 5.74) is 4.06. The first-order valence-electron chi connectivity index (χ1n) is 8.33. The van der Waals surface area contributed by atoms with Crippen molar-refractivity contribution in [2.75, 3.05) is 6.54 Å². The summed E-state index contributed by atoms with van der Waals surface area (Å²) >= 11 is 1.75. The number of hydrogen-bond acceptors (Lipinski definition) is 2. The molecule has 2 nitrogen and oxygen atoms in total. The summed E-state index contributed by atoms with van der Waals surface area (Å²) < 4.78 is 13.2. The Morgan fingerprint density at radius 3 is 2.60 bits per heavy atom. The molecule has 1 aliphatic rings. The summed E-state index contributed by atoms with van der Waals surface area (Å²) in [6, 6.07) is 16.1. The van der Waals surface area contributed by atoms with E-state index in [1.807, 2.05) is 17.0 Å². The Labute approximate surface area is 150 Å². The van der Waals surface area contributed by atoms with Crippen molar-refractivity contribution < 1.29 is 9.18 Å². The molecule has 4 heteroatoms. The molecule has 4 rings (SSSR count). The predicted molar refractivity (Wildman–Crippen MR) is 98.5 cm³/mol. The minimum absolute atomic E-state index is 0.0508. The highest BCUT2D eigenvalue weighted by atomic mass is 32.1. The molecule has 2 heterocycles. The van der Waals surface area contributed by atoms with Crippen LogP contribution in [-0.2, 0) is 6.42 Å². The normalized spacial score (nSPS) is 16.6. The first kappa shape index (κ1) is 16.0. The summed E-state index contributed by atoms with van der Waals surface area (Å²) in [5, 5.41) is 2.10. The number of carbonyl (C=O) groups excluding carboxylic acids is 1. The van der Waals surface area contributed by atoms with Gasteiger partial charge in [0, 0.05) is 17.0 Å². The minimum Gasteiger partial charge on any atom is -0.327 e. The van der Waals surface area contributed by atoms with Gasteiger partial charge in [-0.05, 0) is 65.7 Å². The third kappa shape index (κ3) is 2.87. The molecule has 0 saturated carbocycles. The molecule has 0 aliphatic carbocycles. The standard InChI is InChI=1S/C21H18FNOS/c1-14-4-2-3-5-17(14)20-18-11-13-25-19(18)10-12-23(20)21(24)15-6-8-16(22)9-7-15/h2-9,11,13,20H,10,12H2,1H3/t20-/m1/s1. The highest BCUT2D eigenvalue weighted by Gasteiger charge is 2.33. The summed E-state index contributed by atoms with van der Waals surface area (Å²) in [5.74, 6) is -0.379. The van der Waals surface area contributed by atoms with Gasteiger partial charge in [0.25, 0.3) is 5.91 Å². The molecule has 1 amide bonds. The molecule has 0 N–H and O–H groups in total. The van der Waals surface area contributed by atoms with Gasteiger partial charge in [-0.25, -0.2) is 4.39 Å². The summed E-state index contributed by atoms with van der Waals surface area (Å²) in [6.45, 7) is 2.75. The zero-order valence-corrected chi connectivity index (χ0v) is 14.7. The van der Waals surface area contributed by atoms with E-state index in [-0.39, 0.29) is 17.8 Å². The smallest absolute Gasteiger partial charge is 0.254 e. The number of benzene rings is 2. The van der Waals surface area contributed by atoms with Crippen LogP contribution >= 0.6 is 11.3 Å². The second-order valence-corrected chi connectivity index (χ2v) is 7.31. The number of thiophene rings is 1. The van der Waals surface area contributed by atoms with Crippen molar-refractivity contribution in [3.05, 3.63) is 92.9 Å². The fourth-order valence-corrected chi connectivity index (χ4v) is 4.43. The van der Waals surface area contributed by atoms with Crippen LogP contribution in [0.5, 0.6) is 0 Å². The van der Waals surface area contributed by atoms with Crippen LogP contribution in [-0.4, -0.2) is 17.4 Å². The number of fused-ring (bicyclic) bond motifs is 1. The molecule has 0 spiro atoms. The van der Waals surface area contributed by atoms with Gasteiger partial charge < -0.3 is 4.90 Å². The Bertz CT molecular complexity index is 916. The molecule has 25 heavy (non-hydrogen) atoms. The molecule has 1 aliphatic heterocycles. The highest BCUT2D eigenvalue weighted by Crippen LogP contribution is 2.39. The number of amides is 1. The van der Waals surface area contributed by atoms with Gasteiger partial charge in [-0.2, -0.15) is 0 Å². The van der Waals surface area contributed by atoms with Crippen LogP contribution in [0.1, 0.15) is 38.0 Å². The number of aryl methyl sites for hydroxylation is 1. The Balaban J connectivity index is 1.79. The number of hydrogen-bond donors (Lipinski definition) is 0. The molecule has 0 fully saturated rings. The van der Waals surface area contributed by atoms with Crippen LogP contribution in [0.3, 0.4) is 0 Å². The lowest BCUT2D eigenvalue weighted by Gasteiger charge is -2.37. The van der Waals surface area contributed by atoms with Crippen molar-refractivity contribution >= 4 is 17.2 Å². The van der Waals surface area contributed by atoms with Gasteiger partial charge in [-0.3, -0.25) is 4.79 Å². The lowest BCUT2D eigenvalue weighted by atomic mass is 9.90. The van der Waals surface area contributed by atoms with Crippen LogP contribution in [0.25, 0.3) is 0 Å². The third-order valence-electron chi connectivity index (χ3n) is 4.80. The molecule has 0 radical (unpaired) electrons. The maximum atomic E-state index is 13.2. The number of rotatable bonds is 2. The van der Waals surface area contributed by atoms with Crippen molar-refractivity contribution in [3.8, 4) is 0 Å². The number of nitrogens with zero attached hydrogens (tertiary/aromatic N) is 1. The predicted octanol–water partition coefficient (Wildman–Crippen LogP) is 4.98. The molecule has 2 aromatic carbocycles. The zero-order valence-electron chi connectivity index (χ0n) is 13.9. The van der Waals surface area contributed by atoms with E-state index in [0.29, 0.717) is 12.1 Å². The fourth-order valence-electron chi connectivity index (χ4n) is 3.52. The van der Waals surface area contributed by atoms with Crippen molar-refractivity contribution in [3.63, 3.8) is 0 Å². The lowest BCUT2D eigenvalue weighted by Crippen LogP contribution is -2.40. The van der Waals surface area contributed by atoms with Gasteiger partial charge >= 0.3 is 0 Å². The van der Waals surface area contributed by atoms with Crippen molar-refractivity contribution in [1.82, 2.24) is 4.90 Å². The van der Waals surface area contributed by atoms with Gasteiger partial charge in [-0.15, -0.1) is 11.3 Å². The van der Waals surface area contributed by atoms with E-state index in [1.54, 1.807) is 23.5 Å². The Hall–Kier alpha value is -2.46. The topological polar surface area (TPSA) is 20.3 Å². The SMILES string of the molecule is Cc1ccccc1[C@@H]1c2ccsc2CCN1C(=O)c1ccc(F)cc1. The molecule has 0 saturated heterocycles. The summed E-state index contributed by atoms with van der Waals surface area (Å²) in [7, 11) is 0. The first-order chi connectivity index (χ1) is 12.1. The molecule has 1 atom stereocenters. The summed E-state index contributed by atoms with van der Waals surface area (Å²) in [6.07, 6.45) is 0.863. The molecule has 0 unspecified atom stereocenters. The maximum Gasteiger partial charge on any atom is 0.254 e. The largest absolute Gasteiger partial charge is 0.327 e. The van der Waals surface area contributed by atoms with Crippen LogP contribution in [0, 0.1) is 12.7 Å². The van der Waals surface area contributed by atoms with Gasteiger partial charge in [0.2, 0.25) is 0 Å². The fraction of sp³-hybridized carbons (Fsp3) is 0.190. The number of carbonyl (C=O) groups is 1. The Morgan fingerprint density at radius 1 is 1.08 bits per heavy atom. The summed E-state index contributed by atoms with van der Waals surface area (Å²) in [4.78, 5) is 16.4. The van der Waals surface area contributed by atoms with Crippen molar-refractivity contribution in [2.24, 2.45) is 0 Å².